The number of nitrogens with zero attached hydrogens (tertiary/aromatic N) is 1. The van der Waals surface area contributed by atoms with E-state index in [0.29, 0.717) is 18.6 Å². The van der Waals surface area contributed by atoms with Crippen LogP contribution < -0.4 is 5.32 Å². The summed E-state index contributed by atoms with van der Waals surface area (Å²) in [6.45, 7) is 9.30. The van der Waals surface area contributed by atoms with Crippen LogP contribution in [0.4, 0.5) is 0 Å². The van der Waals surface area contributed by atoms with Crippen LogP contribution in [-0.2, 0) is 17.9 Å². The number of hydrogen-bond acceptors (Lipinski definition) is 3. The minimum atomic E-state index is 0.436. The van der Waals surface area contributed by atoms with E-state index in [1.807, 2.05) is 0 Å². The van der Waals surface area contributed by atoms with Gasteiger partial charge in [-0.1, -0.05) is 26.8 Å². The Morgan fingerprint density at radius 3 is 2.62 bits per heavy atom. The zero-order valence-corrected chi connectivity index (χ0v) is 13.8. The fourth-order valence-electron chi connectivity index (χ4n) is 2.80. The molecule has 0 atom stereocenters. The maximum atomic E-state index is 6.03. The Morgan fingerprint density at radius 2 is 1.90 bits per heavy atom. The highest BCUT2D eigenvalue weighted by atomic mass is 16.5. The highest BCUT2D eigenvalue weighted by Crippen LogP contribution is 2.26. The summed E-state index contributed by atoms with van der Waals surface area (Å²) in [4.78, 5) is 4.68. The first-order valence-corrected chi connectivity index (χ1v) is 8.40. The molecule has 1 aliphatic carbocycles. The smallest absolute Gasteiger partial charge is 0.0891 e. The summed E-state index contributed by atoms with van der Waals surface area (Å²) in [5.74, 6) is 1.54. The third-order valence-electron chi connectivity index (χ3n) is 4.15. The van der Waals surface area contributed by atoms with Crippen molar-refractivity contribution in [1.82, 2.24) is 10.3 Å². The molecule has 1 N–H and O–H groups in total. The third kappa shape index (κ3) is 6.15. The molecular formula is C18H30N2O. The lowest BCUT2D eigenvalue weighted by Crippen LogP contribution is -2.21. The molecule has 3 heteroatoms. The van der Waals surface area contributed by atoms with E-state index in [1.165, 1.54) is 25.7 Å². The van der Waals surface area contributed by atoms with Gasteiger partial charge >= 0.3 is 0 Å². The molecular weight excluding hydrogens is 260 g/mol. The van der Waals surface area contributed by atoms with Gasteiger partial charge in [0.25, 0.3) is 0 Å². The number of ether oxygens (including phenoxy) is 1. The maximum absolute atomic E-state index is 6.03. The zero-order chi connectivity index (χ0) is 15.1. The first kappa shape index (κ1) is 16.4. The van der Waals surface area contributed by atoms with Gasteiger partial charge in [-0.15, -0.1) is 0 Å². The van der Waals surface area contributed by atoms with Gasteiger partial charge in [-0.3, -0.25) is 4.98 Å². The third-order valence-corrected chi connectivity index (χ3v) is 4.15. The molecule has 0 aliphatic heterocycles. The van der Waals surface area contributed by atoms with E-state index in [0.717, 1.165) is 30.4 Å². The Balaban J connectivity index is 1.75. The topological polar surface area (TPSA) is 34.1 Å². The predicted molar refractivity (Wildman–Crippen MR) is 87.0 cm³/mol. The summed E-state index contributed by atoms with van der Waals surface area (Å²) in [5.41, 5.74) is 2.16. The van der Waals surface area contributed by atoms with Crippen LogP contribution in [0.1, 0.15) is 57.8 Å². The SMILES string of the molecule is CC(C)CNCc1cccc(COC2CCC(C)CC2)n1. The zero-order valence-electron chi connectivity index (χ0n) is 13.8. The van der Waals surface area contributed by atoms with Gasteiger partial charge in [-0.25, -0.2) is 0 Å². The molecule has 1 heterocycles. The van der Waals surface area contributed by atoms with Crippen LogP contribution >= 0.6 is 0 Å². The summed E-state index contributed by atoms with van der Waals surface area (Å²) < 4.78 is 6.03. The van der Waals surface area contributed by atoms with E-state index >= 15 is 0 Å². The second kappa shape index (κ2) is 8.50. The predicted octanol–water partition coefficient (Wildman–Crippen LogP) is 3.92. The number of aromatic nitrogens is 1. The molecule has 0 spiro atoms. The van der Waals surface area contributed by atoms with Crippen molar-refractivity contribution in [3.05, 3.63) is 29.6 Å². The van der Waals surface area contributed by atoms with Crippen molar-refractivity contribution in [3.63, 3.8) is 0 Å². The first-order valence-electron chi connectivity index (χ1n) is 8.40. The molecule has 1 fully saturated rings. The molecule has 0 amide bonds. The molecule has 0 saturated heterocycles. The largest absolute Gasteiger partial charge is 0.372 e. The minimum Gasteiger partial charge on any atom is -0.372 e. The van der Waals surface area contributed by atoms with Crippen molar-refractivity contribution in [2.45, 2.75) is 65.7 Å². The van der Waals surface area contributed by atoms with Crippen LogP contribution in [0, 0.1) is 11.8 Å². The minimum absolute atomic E-state index is 0.436. The molecule has 0 bridgehead atoms. The Hall–Kier alpha value is -0.930. The fourth-order valence-corrected chi connectivity index (χ4v) is 2.80. The van der Waals surface area contributed by atoms with Crippen molar-refractivity contribution < 1.29 is 4.74 Å². The van der Waals surface area contributed by atoms with E-state index < -0.39 is 0 Å². The second-order valence-corrected chi connectivity index (χ2v) is 6.84. The van der Waals surface area contributed by atoms with Crippen LogP contribution in [0.25, 0.3) is 0 Å². The number of hydrogen-bond donors (Lipinski definition) is 1. The Morgan fingerprint density at radius 1 is 1.19 bits per heavy atom. The summed E-state index contributed by atoms with van der Waals surface area (Å²) in [6.07, 6.45) is 5.45. The molecule has 0 unspecified atom stereocenters. The molecule has 3 nitrogen and oxygen atoms in total. The number of pyridine rings is 1. The quantitative estimate of drug-likeness (QED) is 0.826. The number of nitrogens with one attached hydrogen (secondary N) is 1. The van der Waals surface area contributed by atoms with Crippen molar-refractivity contribution >= 4 is 0 Å². The highest BCUT2D eigenvalue weighted by molar-refractivity contribution is 5.10. The standard InChI is InChI=1S/C18H30N2O/c1-14(2)11-19-12-16-5-4-6-17(20-16)13-21-18-9-7-15(3)8-10-18/h4-6,14-15,18-19H,7-13H2,1-3H3. The van der Waals surface area contributed by atoms with Crippen LogP contribution in [0.3, 0.4) is 0 Å². The normalized spacial score (nSPS) is 22.7. The highest BCUT2D eigenvalue weighted by Gasteiger charge is 2.18. The molecule has 1 saturated carbocycles. The lowest BCUT2D eigenvalue weighted by molar-refractivity contribution is 0.00721. The Bertz CT molecular complexity index is 411. The summed E-state index contributed by atoms with van der Waals surface area (Å²) in [7, 11) is 0. The van der Waals surface area contributed by atoms with Gasteiger partial charge < -0.3 is 10.1 Å². The van der Waals surface area contributed by atoms with Gasteiger partial charge in [0.05, 0.1) is 24.1 Å². The van der Waals surface area contributed by atoms with E-state index in [-0.39, 0.29) is 0 Å². The summed E-state index contributed by atoms with van der Waals surface area (Å²) in [6, 6.07) is 6.23. The maximum Gasteiger partial charge on any atom is 0.0891 e. The van der Waals surface area contributed by atoms with Gasteiger partial charge in [-0.2, -0.15) is 0 Å². The van der Waals surface area contributed by atoms with Crippen molar-refractivity contribution in [3.8, 4) is 0 Å². The average molecular weight is 290 g/mol. The van der Waals surface area contributed by atoms with Crippen LogP contribution in [0.2, 0.25) is 0 Å². The fraction of sp³-hybridized carbons (Fsp3) is 0.722. The lowest BCUT2D eigenvalue weighted by Gasteiger charge is -2.26. The van der Waals surface area contributed by atoms with E-state index in [2.05, 4.69) is 49.3 Å². The molecule has 21 heavy (non-hydrogen) atoms. The van der Waals surface area contributed by atoms with Gasteiger partial charge in [0.1, 0.15) is 0 Å². The molecule has 1 aliphatic rings. The Labute approximate surface area is 129 Å². The van der Waals surface area contributed by atoms with Gasteiger partial charge in [-0.05, 0) is 56.2 Å². The van der Waals surface area contributed by atoms with E-state index in [9.17, 15) is 0 Å². The number of rotatable bonds is 7. The van der Waals surface area contributed by atoms with Crippen molar-refractivity contribution in [2.75, 3.05) is 6.54 Å². The first-order chi connectivity index (χ1) is 10.1. The van der Waals surface area contributed by atoms with Gasteiger partial charge in [0.2, 0.25) is 0 Å². The molecule has 1 aromatic rings. The molecule has 2 rings (SSSR count). The van der Waals surface area contributed by atoms with E-state index in [4.69, 9.17) is 4.74 Å². The Kier molecular flexibility index (Phi) is 6.65. The lowest BCUT2D eigenvalue weighted by atomic mass is 9.89. The molecule has 0 radical (unpaired) electrons. The van der Waals surface area contributed by atoms with Gasteiger partial charge in [0.15, 0.2) is 0 Å². The van der Waals surface area contributed by atoms with E-state index in [1.54, 1.807) is 0 Å². The summed E-state index contributed by atoms with van der Waals surface area (Å²) >= 11 is 0. The molecule has 118 valence electrons. The van der Waals surface area contributed by atoms with Crippen molar-refractivity contribution in [1.29, 1.82) is 0 Å². The van der Waals surface area contributed by atoms with Crippen LogP contribution in [0.15, 0.2) is 18.2 Å². The van der Waals surface area contributed by atoms with Crippen LogP contribution in [-0.4, -0.2) is 17.6 Å². The van der Waals surface area contributed by atoms with Crippen LogP contribution in [0.5, 0.6) is 0 Å². The molecule has 1 aromatic heterocycles. The summed E-state index contributed by atoms with van der Waals surface area (Å²) in [5, 5.41) is 3.44. The monoisotopic (exact) mass is 290 g/mol. The van der Waals surface area contributed by atoms with Gasteiger partial charge in [0, 0.05) is 6.54 Å². The molecule has 0 aromatic carbocycles. The van der Waals surface area contributed by atoms with Crippen molar-refractivity contribution in [2.24, 2.45) is 11.8 Å². The second-order valence-electron chi connectivity index (χ2n) is 6.84. The average Bonchev–Trinajstić information content (AvgIpc) is 2.47.